The number of carbonyl (C=O) groups is 1. The monoisotopic (exact) mass is 442 g/mol. The Balaban J connectivity index is 1.46. The zero-order valence-corrected chi connectivity index (χ0v) is 17.7. The molecule has 1 spiro atoms. The van der Waals surface area contributed by atoms with Gasteiger partial charge in [-0.05, 0) is 37.0 Å². The van der Waals surface area contributed by atoms with Crippen molar-refractivity contribution in [3.8, 4) is 11.3 Å². The number of nitrogens with one attached hydrogen (secondary N) is 1. The number of nitrogens with zero attached hydrogens (tertiary/aromatic N) is 3. The highest BCUT2D eigenvalue weighted by Crippen LogP contribution is 2.46. The lowest BCUT2D eigenvalue weighted by atomic mass is 9.83. The van der Waals surface area contributed by atoms with E-state index in [9.17, 15) is 18.7 Å². The van der Waals surface area contributed by atoms with Gasteiger partial charge in [-0.2, -0.15) is 8.78 Å². The topological polar surface area (TPSA) is 87.6 Å². The summed E-state index contributed by atoms with van der Waals surface area (Å²) in [6, 6.07) is 5.58. The predicted molar refractivity (Wildman–Crippen MR) is 111 cm³/mol. The molecule has 0 bridgehead atoms. The van der Waals surface area contributed by atoms with E-state index in [0.29, 0.717) is 43.9 Å². The zero-order chi connectivity index (χ0) is 22.3. The molecule has 1 amide bonds. The van der Waals surface area contributed by atoms with Gasteiger partial charge >= 0.3 is 0 Å². The third kappa shape index (κ3) is 2.80. The van der Waals surface area contributed by atoms with E-state index in [4.69, 9.17) is 9.72 Å². The number of amides is 1. The summed E-state index contributed by atoms with van der Waals surface area (Å²) in [6.07, 6.45) is 0.544. The number of fused-ring (bicyclic) bond motifs is 3. The van der Waals surface area contributed by atoms with Crippen molar-refractivity contribution in [3.63, 3.8) is 0 Å². The zero-order valence-electron chi connectivity index (χ0n) is 17.7. The molecule has 6 rings (SSSR count). The summed E-state index contributed by atoms with van der Waals surface area (Å²) in [5.74, 6) is -2.76. The first-order chi connectivity index (χ1) is 15.3. The number of halogens is 2. The van der Waals surface area contributed by atoms with Gasteiger partial charge in [-0.1, -0.05) is 12.1 Å². The van der Waals surface area contributed by atoms with Crippen molar-refractivity contribution in [3.05, 3.63) is 40.6 Å². The summed E-state index contributed by atoms with van der Waals surface area (Å²) >= 11 is 0. The van der Waals surface area contributed by atoms with Gasteiger partial charge < -0.3 is 20.1 Å². The number of benzene rings is 1. The molecule has 2 N–H and O–H groups in total. The van der Waals surface area contributed by atoms with Gasteiger partial charge in [-0.25, -0.2) is 9.97 Å². The highest BCUT2D eigenvalue weighted by Gasteiger charge is 2.46. The van der Waals surface area contributed by atoms with E-state index in [-0.39, 0.29) is 36.4 Å². The van der Waals surface area contributed by atoms with Crippen LogP contribution in [0.1, 0.15) is 48.6 Å². The second kappa shape index (κ2) is 6.68. The van der Waals surface area contributed by atoms with Crippen LogP contribution in [0, 0.1) is 0 Å². The molecule has 168 valence electrons. The quantitative estimate of drug-likeness (QED) is 0.743. The first kappa shape index (κ1) is 20.0. The predicted octanol–water partition coefficient (Wildman–Crippen LogP) is 2.39. The van der Waals surface area contributed by atoms with Crippen molar-refractivity contribution in [2.24, 2.45) is 0 Å². The van der Waals surface area contributed by atoms with Gasteiger partial charge in [-0.15, -0.1) is 0 Å². The SMILES string of the molecule is C[C@H]1[C@H](O)CN1c1nc(-c2ccc3c(c2)COCC32CCC(=O)N2)c2c(n1)C(F)(F)CC2. The van der Waals surface area contributed by atoms with Crippen LogP contribution in [0.3, 0.4) is 0 Å². The van der Waals surface area contributed by atoms with E-state index >= 15 is 0 Å². The number of rotatable bonds is 2. The average molecular weight is 442 g/mol. The van der Waals surface area contributed by atoms with Crippen LogP contribution in [0.4, 0.5) is 14.7 Å². The fraction of sp³-hybridized carbons (Fsp3) is 0.522. The molecule has 0 radical (unpaired) electrons. The molecular formula is C23H24F2N4O3. The van der Waals surface area contributed by atoms with Gasteiger partial charge in [0.05, 0.1) is 36.6 Å². The lowest BCUT2D eigenvalue weighted by Crippen LogP contribution is -2.59. The van der Waals surface area contributed by atoms with Gasteiger partial charge in [0, 0.05) is 30.5 Å². The second-order valence-electron chi connectivity index (χ2n) is 9.36. The first-order valence-corrected chi connectivity index (χ1v) is 11.0. The van der Waals surface area contributed by atoms with E-state index in [1.165, 1.54) is 0 Å². The van der Waals surface area contributed by atoms with Crippen LogP contribution in [0.25, 0.3) is 11.3 Å². The van der Waals surface area contributed by atoms with Crippen molar-refractivity contribution in [1.29, 1.82) is 0 Å². The molecule has 4 aliphatic rings. The van der Waals surface area contributed by atoms with Crippen molar-refractivity contribution in [1.82, 2.24) is 15.3 Å². The van der Waals surface area contributed by atoms with Crippen LogP contribution in [0.2, 0.25) is 0 Å². The summed E-state index contributed by atoms with van der Waals surface area (Å²) in [6.45, 7) is 2.98. The van der Waals surface area contributed by atoms with Gasteiger partial charge in [0.2, 0.25) is 11.9 Å². The number of aliphatic hydroxyl groups is 1. The van der Waals surface area contributed by atoms with E-state index in [1.807, 2.05) is 25.1 Å². The molecule has 1 aromatic heterocycles. The molecular weight excluding hydrogens is 418 g/mol. The fourth-order valence-corrected chi connectivity index (χ4v) is 5.40. The van der Waals surface area contributed by atoms with Gasteiger partial charge in [-0.3, -0.25) is 4.79 Å². The maximum atomic E-state index is 14.7. The number of β-amino-alcohol motifs (C(OH)–C–C–N with tert-alkyl or cyclic N) is 1. The molecule has 32 heavy (non-hydrogen) atoms. The third-order valence-electron chi connectivity index (χ3n) is 7.38. The van der Waals surface area contributed by atoms with E-state index in [1.54, 1.807) is 4.90 Å². The Morgan fingerprint density at radius 2 is 2.09 bits per heavy atom. The largest absolute Gasteiger partial charge is 0.389 e. The van der Waals surface area contributed by atoms with Crippen LogP contribution < -0.4 is 10.2 Å². The molecule has 1 unspecified atom stereocenters. The summed E-state index contributed by atoms with van der Waals surface area (Å²) < 4.78 is 35.1. The number of hydrogen-bond donors (Lipinski definition) is 2. The molecule has 9 heteroatoms. The third-order valence-corrected chi connectivity index (χ3v) is 7.38. The Hall–Kier alpha value is -2.65. The normalized spacial score (nSPS) is 30.1. The highest BCUT2D eigenvalue weighted by atomic mass is 19.3. The van der Waals surface area contributed by atoms with Crippen LogP contribution in [-0.2, 0) is 34.0 Å². The van der Waals surface area contributed by atoms with E-state index in [0.717, 1.165) is 16.7 Å². The van der Waals surface area contributed by atoms with Crippen molar-refractivity contribution in [2.45, 2.75) is 62.8 Å². The maximum Gasteiger partial charge on any atom is 0.290 e. The summed E-state index contributed by atoms with van der Waals surface area (Å²) in [7, 11) is 0. The van der Waals surface area contributed by atoms with Crippen LogP contribution in [0.5, 0.6) is 0 Å². The minimum Gasteiger partial charge on any atom is -0.389 e. The van der Waals surface area contributed by atoms with Crippen molar-refractivity contribution >= 4 is 11.9 Å². The summed E-state index contributed by atoms with van der Waals surface area (Å²) in [5.41, 5.74) is 2.95. The Kier molecular flexibility index (Phi) is 4.17. The van der Waals surface area contributed by atoms with Gasteiger partial charge in [0.1, 0.15) is 5.69 Å². The number of aromatic nitrogens is 2. The Labute approximate surface area is 183 Å². The standard InChI is InChI=1S/C23H24F2N4O3/c1-12-17(30)9-29(12)21-26-19(15-4-7-23(24,25)20(15)27-21)13-2-3-16-14(8-13)10-32-11-22(16)6-5-18(31)28-22/h2-3,8,12,17,30H,4-7,9-11H2,1H3,(H,28,31)/t12-,17+,22?/m0/s1. The van der Waals surface area contributed by atoms with Crippen LogP contribution in [0.15, 0.2) is 18.2 Å². The first-order valence-electron chi connectivity index (χ1n) is 11.0. The molecule has 2 fully saturated rings. The average Bonchev–Trinajstić information content (AvgIpc) is 3.30. The summed E-state index contributed by atoms with van der Waals surface area (Å²) in [4.78, 5) is 22.6. The smallest absolute Gasteiger partial charge is 0.290 e. The van der Waals surface area contributed by atoms with Crippen LogP contribution in [-0.4, -0.2) is 46.3 Å². The van der Waals surface area contributed by atoms with E-state index < -0.39 is 17.6 Å². The number of hydrogen-bond acceptors (Lipinski definition) is 6. The molecule has 2 aromatic rings. The Morgan fingerprint density at radius 1 is 1.25 bits per heavy atom. The van der Waals surface area contributed by atoms with Crippen LogP contribution >= 0.6 is 0 Å². The highest BCUT2D eigenvalue weighted by molar-refractivity contribution is 5.80. The minimum atomic E-state index is -3.00. The van der Waals surface area contributed by atoms with Gasteiger partial charge in [0.15, 0.2) is 0 Å². The number of ether oxygens (including phenoxy) is 1. The summed E-state index contributed by atoms with van der Waals surface area (Å²) in [5, 5.41) is 13.0. The number of aliphatic hydroxyl groups excluding tert-OH is 1. The number of alkyl halides is 2. The molecule has 7 nitrogen and oxygen atoms in total. The van der Waals surface area contributed by atoms with Gasteiger partial charge in [0.25, 0.3) is 5.92 Å². The van der Waals surface area contributed by atoms with Crippen molar-refractivity contribution in [2.75, 3.05) is 18.1 Å². The molecule has 4 heterocycles. The van der Waals surface area contributed by atoms with Crippen molar-refractivity contribution < 1.29 is 23.4 Å². The lowest BCUT2D eigenvalue weighted by Gasteiger charge is -2.43. The second-order valence-corrected chi connectivity index (χ2v) is 9.36. The number of carbonyl (C=O) groups excluding carboxylic acids is 1. The number of anilines is 1. The maximum absolute atomic E-state index is 14.7. The Bertz CT molecular complexity index is 1140. The fourth-order valence-electron chi connectivity index (χ4n) is 5.40. The van der Waals surface area contributed by atoms with E-state index in [2.05, 4.69) is 10.3 Å². The molecule has 3 atom stereocenters. The molecule has 1 aliphatic carbocycles. The molecule has 1 aromatic carbocycles. The molecule has 2 saturated heterocycles. The minimum absolute atomic E-state index is 0.0110. The molecule has 3 aliphatic heterocycles. The Morgan fingerprint density at radius 3 is 2.81 bits per heavy atom. The lowest BCUT2D eigenvalue weighted by molar-refractivity contribution is -0.120. The molecule has 0 saturated carbocycles.